The van der Waals surface area contributed by atoms with Crippen molar-refractivity contribution in [3.63, 3.8) is 0 Å². The molecule has 0 aromatic heterocycles. The van der Waals surface area contributed by atoms with Gasteiger partial charge in [-0.2, -0.15) is 0 Å². The van der Waals surface area contributed by atoms with Gasteiger partial charge < -0.3 is 20.6 Å². The van der Waals surface area contributed by atoms with Crippen LogP contribution in [0.4, 0.5) is 0 Å². The third kappa shape index (κ3) is 22.5. The van der Waals surface area contributed by atoms with E-state index in [1.54, 1.807) is 0 Å². The number of carbonyl (C=O) groups is 1. The Kier molecular flexibility index (Phi) is 20.6. The Morgan fingerprint density at radius 1 is 1.42 bits per heavy atom. The Morgan fingerprint density at radius 2 is 1.75 bits per heavy atom. The fourth-order valence-electron chi connectivity index (χ4n) is 0.516. The first-order valence-corrected chi connectivity index (χ1v) is 3.21. The molecule has 0 unspecified atom stereocenters. The van der Waals surface area contributed by atoms with E-state index in [9.17, 15) is 0 Å². The second-order valence-electron chi connectivity index (χ2n) is 1.88. The monoisotopic (exact) mass is 191 g/mol. The number of ether oxygens (including phenoxy) is 1. The van der Waals surface area contributed by atoms with Gasteiger partial charge in [0, 0.05) is 20.0 Å². The van der Waals surface area contributed by atoms with E-state index in [0.717, 1.165) is 33.2 Å². The quantitative estimate of drug-likeness (QED) is 0.432. The Balaban J connectivity index is -0.000000124. The minimum atomic E-state index is -0.833. The van der Waals surface area contributed by atoms with Crippen molar-refractivity contribution in [3.05, 3.63) is 0 Å². The Hall–Kier alpha value is 0.116. The molecule has 1 saturated heterocycles. The molecule has 0 aromatic rings. The lowest BCUT2D eigenvalue weighted by molar-refractivity contribution is -0.134. The zero-order valence-electron chi connectivity index (χ0n) is 6.59. The van der Waals surface area contributed by atoms with Crippen LogP contribution < -0.4 is 5.32 Å². The Labute approximate surface area is 87.9 Å². The molecule has 0 spiro atoms. The SMILES string of the molecule is C1COCCN1.CC(=O)O.O.[MgH2]. The van der Waals surface area contributed by atoms with Crippen molar-refractivity contribution in [3.8, 4) is 0 Å². The summed E-state index contributed by atoms with van der Waals surface area (Å²) in [7, 11) is 0. The van der Waals surface area contributed by atoms with E-state index in [2.05, 4.69) is 5.32 Å². The first kappa shape index (κ1) is 18.0. The molecule has 0 saturated carbocycles. The summed E-state index contributed by atoms with van der Waals surface area (Å²) in [6.45, 7) is 4.92. The maximum absolute atomic E-state index is 9.00. The van der Waals surface area contributed by atoms with E-state index in [1.807, 2.05) is 0 Å². The van der Waals surface area contributed by atoms with E-state index in [4.69, 9.17) is 14.6 Å². The molecular weight excluding hydrogens is 174 g/mol. The minimum Gasteiger partial charge on any atom is -0.481 e. The van der Waals surface area contributed by atoms with Crippen LogP contribution in [0.2, 0.25) is 0 Å². The molecule has 1 aliphatic rings. The van der Waals surface area contributed by atoms with Crippen molar-refractivity contribution < 1.29 is 20.1 Å². The van der Waals surface area contributed by atoms with Gasteiger partial charge >= 0.3 is 23.1 Å². The maximum Gasteiger partial charge on any atom is 0.316 e. The molecule has 0 bridgehead atoms. The highest BCUT2D eigenvalue weighted by molar-refractivity contribution is 5.75. The van der Waals surface area contributed by atoms with Crippen molar-refractivity contribution in [2.45, 2.75) is 6.92 Å². The number of hydrogen-bond acceptors (Lipinski definition) is 3. The largest absolute Gasteiger partial charge is 0.481 e. The molecule has 72 valence electrons. The fourth-order valence-corrected chi connectivity index (χ4v) is 0.516. The zero-order chi connectivity index (χ0) is 7.82. The molecule has 1 aliphatic heterocycles. The third-order valence-electron chi connectivity index (χ3n) is 0.846. The molecule has 0 atom stereocenters. The van der Waals surface area contributed by atoms with Gasteiger partial charge in [0.15, 0.2) is 0 Å². The van der Waals surface area contributed by atoms with Gasteiger partial charge in [0.05, 0.1) is 13.2 Å². The summed E-state index contributed by atoms with van der Waals surface area (Å²) in [5.41, 5.74) is 0. The summed E-state index contributed by atoms with van der Waals surface area (Å²) in [5, 5.41) is 10.6. The molecular formula is C6H17MgNO4. The Morgan fingerprint density at radius 3 is 1.83 bits per heavy atom. The number of carboxylic acids is 1. The van der Waals surface area contributed by atoms with E-state index < -0.39 is 5.97 Å². The van der Waals surface area contributed by atoms with Crippen molar-refractivity contribution in [2.24, 2.45) is 0 Å². The third-order valence-corrected chi connectivity index (χ3v) is 0.846. The van der Waals surface area contributed by atoms with Gasteiger partial charge in [-0.15, -0.1) is 0 Å². The summed E-state index contributed by atoms with van der Waals surface area (Å²) in [6, 6.07) is 0. The average molecular weight is 192 g/mol. The van der Waals surface area contributed by atoms with Gasteiger partial charge in [0.2, 0.25) is 0 Å². The van der Waals surface area contributed by atoms with Crippen LogP contribution >= 0.6 is 0 Å². The number of morpholine rings is 1. The standard InChI is InChI=1S/C4H9NO.C2H4O2.Mg.H2O.2H/c1-3-6-4-2-5-1;1-2(3)4;;;;/h5H,1-4H2;1H3,(H,3,4);;1H2;;. The summed E-state index contributed by atoms with van der Waals surface area (Å²) in [5.74, 6) is -0.833. The average Bonchev–Trinajstić information content (AvgIpc) is 1.90. The molecule has 1 fully saturated rings. The lowest BCUT2D eigenvalue weighted by Gasteiger charge is -2.10. The highest BCUT2D eigenvalue weighted by Crippen LogP contribution is 1.76. The lowest BCUT2D eigenvalue weighted by atomic mass is 10.5. The van der Waals surface area contributed by atoms with Crippen LogP contribution in [-0.4, -0.2) is 65.9 Å². The van der Waals surface area contributed by atoms with Crippen LogP contribution in [0.1, 0.15) is 6.92 Å². The molecule has 1 heterocycles. The van der Waals surface area contributed by atoms with Gasteiger partial charge in [-0.05, 0) is 0 Å². The Bertz CT molecular complexity index is 82.0. The van der Waals surface area contributed by atoms with Gasteiger partial charge in [-0.3, -0.25) is 4.79 Å². The number of nitrogens with one attached hydrogen (secondary N) is 1. The van der Waals surface area contributed by atoms with E-state index in [1.165, 1.54) is 0 Å². The number of rotatable bonds is 0. The summed E-state index contributed by atoms with van der Waals surface area (Å²) in [4.78, 5) is 9.00. The number of hydrogen-bond donors (Lipinski definition) is 2. The first-order chi connectivity index (χ1) is 4.73. The van der Waals surface area contributed by atoms with Crippen molar-refractivity contribution in [1.29, 1.82) is 0 Å². The van der Waals surface area contributed by atoms with Crippen LogP contribution in [-0.2, 0) is 9.53 Å². The minimum absolute atomic E-state index is 0. The number of aliphatic carboxylic acids is 1. The number of carboxylic acid groups (broad SMARTS) is 1. The van der Waals surface area contributed by atoms with Gasteiger partial charge in [-0.25, -0.2) is 0 Å². The highest BCUT2D eigenvalue weighted by Gasteiger charge is 1.92. The summed E-state index contributed by atoms with van der Waals surface area (Å²) < 4.78 is 5.01. The topological polar surface area (TPSA) is 90.1 Å². The summed E-state index contributed by atoms with van der Waals surface area (Å²) in [6.07, 6.45) is 0. The zero-order valence-corrected chi connectivity index (χ0v) is 6.59. The van der Waals surface area contributed by atoms with Gasteiger partial charge in [-0.1, -0.05) is 0 Å². The molecule has 0 amide bonds. The smallest absolute Gasteiger partial charge is 0.316 e. The van der Waals surface area contributed by atoms with Crippen LogP contribution in [0.5, 0.6) is 0 Å². The maximum atomic E-state index is 9.00. The molecule has 0 aliphatic carbocycles. The molecule has 5 nitrogen and oxygen atoms in total. The lowest BCUT2D eigenvalue weighted by Crippen LogP contribution is -2.30. The van der Waals surface area contributed by atoms with Crippen molar-refractivity contribution in [1.82, 2.24) is 5.32 Å². The van der Waals surface area contributed by atoms with E-state index in [0.29, 0.717) is 0 Å². The first-order valence-electron chi connectivity index (χ1n) is 3.21. The molecule has 4 N–H and O–H groups in total. The molecule has 0 aromatic carbocycles. The molecule has 6 heteroatoms. The second-order valence-corrected chi connectivity index (χ2v) is 1.88. The van der Waals surface area contributed by atoms with Crippen LogP contribution in [0, 0.1) is 0 Å². The van der Waals surface area contributed by atoms with Crippen LogP contribution in [0.25, 0.3) is 0 Å². The highest BCUT2D eigenvalue weighted by atomic mass is 24.3. The van der Waals surface area contributed by atoms with Crippen LogP contribution in [0.3, 0.4) is 0 Å². The van der Waals surface area contributed by atoms with Gasteiger partial charge in [0.1, 0.15) is 0 Å². The van der Waals surface area contributed by atoms with E-state index in [-0.39, 0.29) is 28.5 Å². The second kappa shape index (κ2) is 13.7. The predicted octanol–water partition coefficient (Wildman–Crippen LogP) is -2.04. The van der Waals surface area contributed by atoms with Crippen LogP contribution in [0.15, 0.2) is 0 Å². The van der Waals surface area contributed by atoms with E-state index >= 15 is 0 Å². The predicted molar refractivity (Wildman–Crippen MR) is 49.2 cm³/mol. The van der Waals surface area contributed by atoms with Crippen molar-refractivity contribution >= 4 is 29.0 Å². The fraction of sp³-hybridized carbons (Fsp3) is 0.833. The molecule has 0 radical (unpaired) electrons. The normalized spacial score (nSPS) is 14.1. The van der Waals surface area contributed by atoms with Gasteiger partial charge in [0.25, 0.3) is 5.97 Å². The molecule has 12 heavy (non-hydrogen) atoms. The molecule has 1 rings (SSSR count). The van der Waals surface area contributed by atoms with Crippen molar-refractivity contribution in [2.75, 3.05) is 26.3 Å². The summed E-state index contributed by atoms with van der Waals surface area (Å²) >= 11 is 0.